The average Bonchev–Trinajstić information content (AvgIpc) is 3.61. The van der Waals surface area contributed by atoms with E-state index in [0.29, 0.717) is 11.1 Å². The Bertz CT molecular complexity index is 2960. The molecule has 8 aromatic carbocycles. The summed E-state index contributed by atoms with van der Waals surface area (Å²) in [6, 6.07) is 58.4. The number of hydrogen-bond acceptors (Lipinski definition) is 3. The average molecular weight is 679 g/mol. The maximum atomic E-state index is 9.77. The molecule has 9 aromatic rings. The Morgan fingerprint density at radius 2 is 1.11 bits per heavy atom. The molecule has 0 saturated heterocycles. The van der Waals surface area contributed by atoms with Gasteiger partial charge in [-0.3, -0.25) is 0 Å². The standard InChI is InChI=1S/C50H34N2O/c1-50(29-27-35(28-30-50)39-18-10-20-46-45-19-9-13-36(32-51)48(45)53-49(39)46)52(37-23-21-34(22-24-37)33-11-3-2-4-12-33)38-25-26-44-42-16-6-5-14-40(42)41-15-7-8-17-43(41)47(44)31-38/h2-29,31H,30H2,1H3. The van der Waals surface area contributed by atoms with Gasteiger partial charge in [0.25, 0.3) is 0 Å². The van der Waals surface area contributed by atoms with Crippen LogP contribution in [0.2, 0.25) is 0 Å². The first-order valence-electron chi connectivity index (χ1n) is 18.1. The molecule has 0 saturated carbocycles. The van der Waals surface area contributed by atoms with Gasteiger partial charge < -0.3 is 9.32 Å². The van der Waals surface area contributed by atoms with Gasteiger partial charge in [0.1, 0.15) is 11.7 Å². The Kier molecular flexibility index (Phi) is 7.06. The summed E-state index contributed by atoms with van der Waals surface area (Å²) in [4.78, 5) is 2.50. The zero-order valence-corrected chi connectivity index (χ0v) is 29.3. The van der Waals surface area contributed by atoms with Crippen LogP contribution in [0.4, 0.5) is 11.4 Å². The van der Waals surface area contributed by atoms with E-state index in [1.165, 1.54) is 43.4 Å². The van der Waals surface area contributed by atoms with E-state index in [4.69, 9.17) is 4.42 Å². The highest BCUT2D eigenvalue weighted by Gasteiger charge is 2.33. The molecule has 53 heavy (non-hydrogen) atoms. The van der Waals surface area contributed by atoms with E-state index in [2.05, 4.69) is 176 Å². The predicted octanol–water partition coefficient (Wildman–Crippen LogP) is 13.5. The number of benzene rings is 8. The largest absolute Gasteiger partial charge is 0.454 e. The molecule has 0 radical (unpaired) electrons. The van der Waals surface area contributed by atoms with Gasteiger partial charge in [0.05, 0.1) is 11.1 Å². The lowest BCUT2D eigenvalue weighted by Crippen LogP contribution is -2.42. The maximum absolute atomic E-state index is 9.77. The van der Waals surface area contributed by atoms with Crippen LogP contribution in [0.3, 0.4) is 0 Å². The first kappa shape index (κ1) is 30.9. The molecule has 250 valence electrons. The second-order valence-corrected chi connectivity index (χ2v) is 14.2. The second kappa shape index (κ2) is 12.1. The number of nitrogens with zero attached hydrogens (tertiary/aromatic N) is 2. The summed E-state index contributed by atoms with van der Waals surface area (Å²) >= 11 is 0. The fourth-order valence-electron chi connectivity index (χ4n) is 8.43. The lowest BCUT2D eigenvalue weighted by atomic mass is 9.85. The molecule has 0 N–H and O–H groups in total. The van der Waals surface area contributed by atoms with E-state index in [1.807, 2.05) is 18.2 Å². The van der Waals surface area contributed by atoms with Crippen molar-refractivity contribution in [2.24, 2.45) is 0 Å². The molecule has 0 aliphatic heterocycles. The topological polar surface area (TPSA) is 40.2 Å². The van der Waals surface area contributed by atoms with E-state index in [1.54, 1.807) is 0 Å². The molecular formula is C50H34N2O. The minimum Gasteiger partial charge on any atom is -0.454 e. The number of nitriles is 1. The monoisotopic (exact) mass is 678 g/mol. The van der Waals surface area contributed by atoms with Gasteiger partial charge in [-0.05, 0) is 92.7 Å². The van der Waals surface area contributed by atoms with Crippen molar-refractivity contribution < 1.29 is 4.42 Å². The van der Waals surface area contributed by atoms with Crippen molar-refractivity contribution in [2.45, 2.75) is 18.9 Å². The van der Waals surface area contributed by atoms with Crippen LogP contribution in [0.15, 0.2) is 180 Å². The Labute approximate surface area is 307 Å². The zero-order valence-electron chi connectivity index (χ0n) is 29.3. The van der Waals surface area contributed by atoms with E-state index >= 15 is 0 Å². The Hall–Kier alpha value is -6.89. The van der Waals surface area contributed by atoms with E-state index in [9.17, 15) is 5.26 Å². The van der Waals surface area contributed by atoms with Crippen molar-refractivity contribution in [1.29, 1.82) is 5.26 Å². The van der Waals surface area contributed by atoms with Gasteiger partial charge in [-0.1, -0.05) is 146 Å². The normalized spacial score (nSPS) is 15.7. The Balaban J connectivity index is 1.12. The molecule has 1 atom stereocenters. The fraction of sp³-hybridized carbons (Fsp3) is 0.0600. The molecule has 0 fully saturated rings. The van der Waals surface area contributed by atoms with Crippen LogP contribution in [-0.4, -0.2) is 5.54 Å². The SMILES string of the molecule is CC1(N(c2ccc(-c3ccccc3)cc2)c2ccc3c4ccccc4c4ccccc4c3c2)C=CC(c2cccc3c2oc2c(C#N)cccc23)=CC1. The number of anilines is 2. The summed E-state index contributed by atoms with van der Waals surface area (Å²) in [5.41, 5.74) is 8.42. The van der Waals surface area contributed by atoms with Crippen LogP contribution < -0.4 is 4.90 Å². The van der Waals surface area contributed by atoms with Crippen molar-refractivity contribution >= 4 is 71.2 Å². The zero-order chi connectivity index (χ0) is 35.5. The minimum absolute atomic E-state index is 0.381. The number of para-hydroxylation sites is 2. The summed E-state index contributed by atoms with van der Waals surface area (Å²) in [5.74, 6) is 0. The van der Waals surface area contributed by atoms with Gasteiger partial charge in [-0.2, -0.15) is 5.26 Å². The maximum Gasteiger partial charge on any atom is 0.153 e. The van der Waals surface area contributed by atoms with E-state index < -0.39 is 0 Å². The number of rotatable bonds is 5. The lowest BCUT2D eigenvalue weighted by molar-refractivity contribution is 0.571. The molecule has 0 spiro atoms. The molecule has 0 amide bonds. The van der Waals surface area contributed by atoms with Crippen molar-refractivity contribution in [3.05, 3.63) is 187 Å². The van der Waals surface area contributed by atoms with Gasteiger partial charge in [-0.25, -0.2) is 0 Å². The highest BCUT2D eigenvalue weighted by Crippen LogP contribution is 2.44. The first-order chi connectivity index (χ1) is 26.1. The molecular weight excluding hydrogens is 645 g/mol. The van der Waals surface area contributed by atoms with Crippen molar-refractivity contribution in [2.75, 3.05) is 4.90 Å². The summed E-state index contributed by atoms with van der Waals surface area (Å²) in [5, 5.41) is 19.3. The summed E-state index contributed by atoms with van der Waals surface area (Å²) in [7, 11) is 0. The van der Waals surface area contributed by atoms with Crippen LogP contribution in [-0.2, 0) is 0 Å². The number of allylic oxidation sites excluding steroid dienone is 2. The minimum atomic E-state index is -0.381. The lowest BCUT2D eigenvalue weighted by Gasteiger charge is -2.42. The predicted molar refractivity (Wildman–Crippen MR) is 222 cm³/mol. The molecule has 3 heteroatoms. The third-order valence-corrected chi connectivity index (χ3v) is 11.0. The fourth-order valence-corrected chi connectivity index (χ4v) is 8.43. The van der Waals surface area contributed by atoms with Crippen molar-refractivity contribution in [3.8, 4) is 17.2 Å². The molecule has 0 bridgehead atoms. The highest BCUT2D eigenvalue weighted by molar-refractivity contribution is 6.25. The molecule has 1 aliphatic rings. The Morgan fingerprint density at radius 3 is 1.77 bits per heavy atom. The second-order valence-electron chi connectivity index (χ2n) is 14.2. The molecule has 1 heterocycles. The quantitative estimate of drug-likeness (QED) is 0.170. The third kappa shape index (κ3) is 4.95. The van der Waals surface area contributed by atoms with Gasteiger partial charge in [0.2, 0.25) is 0 Å². The van der Waals surface area contributed by atoms with Crippen LogP contribution in [0.5, 0.6) is 0 Å². The highest BCUT2D eigenvalue weighted by atomic mass is 16.3. The molecule has 10 rings (SSSR count). The van der Waals surface area contributed by atoms with Gasteiger partial charge in [-0.15, -0.1) is 0 Å². The summed E-state index contributed by atoms with van der Waals surface area (Å²) < 4.78 is 6.44. The van der Waals surface area contributed by atoms with Gasteiger partial charge >= 0.3 is 0 Å². The smallest absolute Gasteiger partial charge is 0.153 e. The van der Waals surface area contributed by atoms with Gasteiger partial charge in [0, 0.05) is 27.7 Å². The van der Waals surface area contributed by atoms with E-state index in [-0.39, 0.29) is 5.54 Å². The van der Waals surface area contributed by atoms with Crippen LogP contribution in [0, 0.1) is 11.3 Å². The Morgan fingerprint density at radius 1 is 0.547 bits per heavy atom. The molecule has 3 nitrogen and oxygen atoms in total. The first-order valence-corrected chi connectivity index (χ1v) is 18.1. The molecule has 1 unspecified atom stereocenters. The third-order valence-electron chi connectivity index (χ3n) is 11.0. The van der Waals surface area contributed by atoms with Crippen LogP contribution in [0.1, 0.15) is 24.5 Å². The van der Waals surface area contributed by atoms with E-state index in [0.717, 1.165) is 45.3 Å². The number of furan rings is 1. The number of hydrogen-bond donors (Lipinski definition) is 0. The molecule has 1 aromatic heterocycles. The molecule has 1 aliphatic carbocycles. The van der Waals surface area contributed by atoms with Crippen molar-refractivity contribution in [1.82, 2.24) is 0 Å². The van der Waals surface area contributed by atoms with Crippen molar-refractivity contribution in [3.63, 3.8) is 0 Å². The number of fused-ring (bicyclic) bond motifs is 9. The summed E-state index contributed by atoms with van der Waals surface area (Å²) in [6.07, 6.45) is 7.70. The van der Waals surface area contributed by atoms with Gasteiger partial charge in [0.15, 0.2) is 5.58 Å². The van der Waals surface area contributed by atoms with Crippen LogP contribution >= 0.6 is 0 Å². The summed E-state index contributed by atoms with van der Waals surface area (Å²) in [6.45, 7) is 2.32. The van der Waals surface area contributed by atoms with Crippen LogP contribution in [0.25, 0.3) is 71.0 Å².